The van der Waals surface area contributed by atoms with Crippen LogP contribution >= 0.6 is 23.2 Å². The van der Waals surface area contributed by atoms with E-state index in [0.717, 1.165) is 24.8 Å². The molecule has 144 valence electrons. The highest BCUT2D eigenvalue weighted by Crippen LogP contribution is 2.23. The molecule has 1 N–H and O–H groups in total. The van der Waals surface area contributed by atoms with Gasteiger partial charge in [0.05, 0.1) is 0 Å². The largest absolute Gasteiger partial charge is 0.444 e. The van der Waals surface area contributed by atoms with Gasteiger partial charge in [0.1, 0.15) is 11.6 Å². The van der Waals surface area contributed by atoms with Crippen molar-refractivity contribution in [1.29, 1.82) is 0 Å². The maximum Gasteiger partial charge on any atom is 0.408 e. The number of halogens is 2. The molecule has 26 heavy (non-hydrogen) atoms. The second kappa shape index (κ2) is 8.96. The third-order valence-corrected chi connectivity index (χ3v) is 4.68. The third kappa shape index (κ3) is 6.36. The number of hydrogen-bond donors (Lipinski definition) is 1. The molecule has 1 saturated heterocycles. The monoisotopic (exact) mass is 400 g/mol. The Morgan fingerprint density at radius 2 is 1.85 bits per heavy atom. The zero-order valence-electron chi connectivity index (χ0n) is 15.5. The number of likely N-dealkylation sites (tertiary alicyclic amines) is 1. The molecule has 1 heterocycles. The molecule has 0 radical (unpaired) electrons. The zero-order valence-corrected chi connectivity index (χ0v) is 17.0. The fraction of sp³-hybridized carbons (Fsp3) is 0.579. The highest BCUT2D eigenvalue weighted by atomic mass is 35.5. The van der Waals surface area contributed by atoms with E-state index in [0.29, 0.717) is 23.1 Å². The van der Waals surface area contributed by atoms with Crippen molar-refractivity contribution in [3.05, 3.63) is 33.8 Å². The molecule has 7 heteroatoms. The summed E-state index contributed by atoms with van der Waals surface area (Å²) in [6.45, 7) is 6.76. The Morgan fingerprint density at radius 3 is 2.42 bits per heavy atom. The van der Waals surface area contributed by atoms with E-state index < -0.39 is 17.7 Å². The molecule has 1 aliphatic rings. The first-order valence-corrected chi connectivity index (χ1v) is 9.63. The summed E-state index contributed by atoms with van der Waals surface area (Å²) >= 11 is 12.2. The number of nitrogens with zero attached hydrogens (tertiary/aromatic N) is 1. The predicted molar refractivity (Wildman–Crippen MR) is 104 cm³/mol. The smallest absolute Gasteiger partial charge is 0.408 e. The number of ether oxygens (including phenoxy) is 1. The fourth-order valence-corrected chi connectivity index (χ4v) is 3.38. The third-order valence-electron chi connectivity index (χ3n) is 4.10. The molecular weight excluding hydrogens is 375 g/mol. The fourth-order valence-electron chi connectivity index (χ4n) is 2.89. The maximum absolute atomic E-state index is 13.0. The topological polar surface area (TPSA) is 58.6 Å². The van der Waals surface area contributed by atoms with Crippen LogP contribution in [0.3, 0.4) is 0 Å². The Labute approximate surface area is 165 Å². The number of piperidine rings is 1. The molecule has 1 aromatic carbocycles. The van der Waals surface area contributed by atoms with Crippen LogP contribution in [0.2, 0.25) is 10.0 Å². The lowest BCUT2D eigenvalue weighted by Crippen LogP contribution is -2.51. The van der Waals surface area contributed by atoms with Gasteiger partial charge in [-0.05, 0) is 57.7 Å². The Kier molecular flexibility index (Phi) is 7.18. The van der Waals surface area contributed by atoms with E-state index in [2.05, 4.69) is 5.32 Å². The van der Waals surface area contributed by atoms with Crippen LogP contribution in [0.4, 0.5) is 4.79 Å². The van der Waals surface area contributed by atoms with Crippen molar-refractivity contribution in [1.82, 2.24) is 10.2 Å². The first-order valence-electron chi connectivity index (χ1n) is 8.88. The Morgan fingerprint density at radius 1 is 1.19 bits per heavy atom. The second-order valence-corrected chi connectivity index (χ2v) is 8.37. The van der Waals surface area contributed by atoms with Crippen molar-refractivity contribution in [3.8, 4) is 0 Å². The lowest BCUT2D eigenvalue weighted by molar-refractivity contribution is -0.134. The highest BCUT2D eigenvalue weighted by molar-refractivity contribution is 6.35. The predicted octanol–water partition coefficient (Wildman–Crippen LogP) is 4.44. The lowest BCUT2D eigenvalue weighted by atomic mass is 10.0. The molecule has 0 aromatic heterocycles. The number of benzene rings is 1. The molecule has 1 aliphatic heterocycles. The van der Waals surface area contributed by atoms with Gasteiger partial charge in [-0.15, -0.1) is 0 Å². The molecule has 2 amide bonds. The summed E-state index contributed by atoms with van der Waals surface area (Å²) in [5.41, 5.74) is 0.114. The molecule has 1 aromatic rings. The Balaban J connectivity index is 2.16. The van der Waals surface area contributed by atoms with Gasteiger partial charge >= 0.3 is 6.09 Å². The van der Waals surface area contributed by atoms with Gasteiger partial charge in [-0.2, -0.15) is 0 Å². The second-order valence-electron chi connectivity index (χ2n) is 7.52. The number of hydrogen-bond acceptors (Lipinski definition) is 3. The first kappa shape index (κ1) is 20.8. The van der Waals surface area contributed by atoms with Crippen molar-refractivity contribution >= 4 is 35.2 Å². The molecule has 1 atom stereocenters. The normalized spacial score (nSPS) is 16.1. The van der Waals surface area contributed by atoms with Gasteiger partial charge < -0.3 is 15.0 Å². The number of nitrogens with one attached hydrogen (secondary N) is 1. The van der Waals surface area contributed by atoms with E-state index in [1.165, 1.54) is 0 Å². The minimum Gasteiger partial charge on any atom is -0.444 e. The number of carbonyl (C=O) groups is 2. The minimum absolute atomic E-state index is 0.110. The average Bonchev–Trinajstić information content (AvgIpc) is 2.55. The summed E-state index contributed by atoms with van der Waals surface area (Å²) in [7, 11) is 0. The molecule has 0 bridgehead atoms. The van der Waals surface area contributed by atoms with Gasteiger partial charge in [0.15, 0.2) is 0 Å². The molecule has 5 nitrogen and oxygen atoms in total. The number of rotatable bonds is 4. The van der Waals surface area contributed by atoms with Crippen LogP contribution in [0.25, 0.3) is 0 Å². The van der Waals surface area contributed by atoms with E-state index in [1.807, 2.05) is 0 Å². The van der Waals surface area contributed by atoms with Crippen LogP contribution in [0.1, 0.15) is 45.6 Å². The van der Waals surface area contributed by atoms with Crippen molar-refractivity contribution < 1.29 is 14.3 Å². The molecule has 2 rings (SSSR count). The van der Waals surface area contributed by atoms with E-state index >= 15 is 0 Å². The minimum atomic E-state index is -0.735. The first-order chi connectivity index (χ1) is 12.2. The van der Waals surface area contributed by atoms with Crippen molar-refractivity contribution in [2.75, 3.05) is 13.1 Å². The highest BCUT2D eigenvalue weighted by Gasteiger charge is 2.29. The van der Waals surface area contributed by atoms with Crippen molar-refractivity contribution in [2.45, 2.75) is 58.1 Å². The quantitative estimate of drug-likeness (QED) is 0.812. The van der Waals surface area contributed by atoms with Gasteiger partial charge in [0, 0.05) is 29.6 Å². The van der Waals surface area contributed by atoms with Gasteiger partial charge in [-0.25, -0.2) is 4.79 Å². The van der Waals surface area contributed by atoms with Crippen LogP contribution in [-0.2, 0) is 16.0 Å². The number of amides is 2. The molecule has 0 unspecified atom stereocenters. The summed E-state index contributed by atoms with van der Waals surface area (Å²) in [5, 5.41) is 3.71. The van der Waals surface area contributed by atoms with Crippen LogP contribution < -0.4 is 5.32 Å². The van der Waals surface area contributed by atoms with Gasteiger partial charge in [0.25, 0.3) is 0 Å². The van der Waals surface area contributed by atoms with Gasteiger partial charge in [-0.3, -0.25) is 4.79 Å². The summed E-state index contributed by atoms with van der Waals surface area (Å²) in [5.74, 6) is -0.110. The van der Waals surface area contributed by atoms with E-state index in [1.54, 1.807) is 43.9 Å². The van der Waals surface area contributed by atoms with E-state index in [9.17, 15) is 9.59 Å². The number of carbonyl (C=O) groups excluding carboxylic acids is 2. The van der Waals surface area contributed by atoms with Crippen molar-refractivity contribution in [2.24, 2.45) is 0 Å². The van der Waals surface area contributed by atoms with Crippen molar-refractivity contribution in [3.63, 3.8) is 0 Å². The molecule has 0 aliphatic carbocycles. The summed E-state index contributed by atoms with van der Waals surface area (Å²) in [6.07, 6.45) is 2.75. The number of alkyl carbamates (subject to hydrolysis) is 1. The molecule has 1 fully saturated rings. The Bertz CT molecular complexity index is 653. The van der Waals surface area contributed by atoms with Crippen LogP contribution in [0, 0.1) is 0 Å². The summed E-state index contributed by atoms with van der Waals surface area (Å²) in [6, 6.07) is 4.40. The van der Waals surface area contributed by atoms with E-state index in [-0.39, 0.29) is 12.3 Å². The maximum atomic E-state index is 13.0. The van der Waals surface area contributed by atoms with Gasteiger partial charge in [0.2, 0.25) is 5.91 Å². The molecule has 0 saturated carbocycles. The zero-order chi connectivity index (χ0) is 19.3. The summed E-state index contributed by atoms with van der Waals surface area (Å²) in [4.78, 5) is 27.0. The standard InChI is InChI=1S/C19H26Cl2N2O3/c1-19(2,3)26-18(25)22-16(17(24)23-9-5-4-6-10-23)11-13-7-8-14(20)12-15(13)21/h7-8,12,16H,4-6,9-11H2,1-3H3,(H,22,25)/t16-/m0/s1. The average molecular weight is 401 g/mol. The van der Waals surface area contributed by atoms with Crippen LogP contribution in [0.5, 0.6) is 0 Å². The Hall–Kier alpha value is -1.46. The van der Waals surface area contributed by atoms with Crippen LogP contribution in [0.15, 0.2) is 18.2 Å². The molecular formula is C19H26Cl2N2O3. The van der Waals surface area contributed by atoms with Crippen LogP contribution in [-0.4, -0.2) is 41.6 Å². The lowest BCUT2D eigenvalue weighted by Gasteiger charge is -2.31. The van der Waals surface area contributed by atoms with Gasteiger partial charge in [-0.1, -0.05) is 29.3 Å². The SMILES string of the molecule is CC(C)(C)OC(=O)N[C@@H](Cc1ccc(Cl)cc1Cl)C(=O)N1CCCCC1. The summed E-state index contributed by atoms with van der Waals surface area (Å²) < 4.78 is 5.32. The van der Waals surface area contributed by atoms with E-state index in [4.69, 9.17) is 27.9 Å². The molecule has 0 spiro atoms.